The SMILES string of the molecule is Cc1cc(C)c(NC(=O)[C@H](C)Oc2ccc(C(C)(C)C)cc2)c(C)c1. The van der Waals surface area contributed by atoms with Gasteiger partial charge in [0, 0.05) is 5.69 Å². The van der Waals surface area contributed by atoms with Crippen molar-refractivity contribution < 1.29 is 9.53 Å². The zero-order valence-corrected chi connectivity index (χ0v) is 16.4. The number of aryl methyl sites for hydroxylation is 3. The van der Waals surface area contributed by atoms with Gasteiger partial charge in [0.05, 0.1) is 0 Å². The maximum Gasteiger partial charge on any atom is 0.265 e. The monoisotopic (exact) mass is 339 g/mol. The second kappa shape index (κ2) is 7.30. The molecular formula is C22H29NO2. The highest BCUT2D eigenvalue weighted by atomic mass is 16.5. The molecule has 0 aliphatic carbocycles. The van der Waals surface area contributed by atoms with E-state index in [1.807, 2.05) is 38.1 Å². The van der Waals surface area contributed by atoms with Crippen molar-refractivity contribution in [3.8, 4) is 5.75 Å². The van der Waals surface area contributed by atoms with E-state index < -0.39 is 6.10 Å². The second-order valence-electron chi connectivity index (χ2n) is 7.80. The van der Waals surface area contributed by atoms with Crippen LogP contribution in [0.15, 0.2) is 36.4 Å². The highest BCUT2D eigenvalue weighted by Crippen LogP contribution is 2.25. The molecule has 134 valence electrons. The van der Waals surface area contributed by atoms with Crippen LogP contribution in [-0.2, 0) is 10.2 Å². The van der Waals surface area contributed by atoms with Crippen LogP contribution in [0.25, 0.3) is 0 Å². The van der Waals surface area contributed by atoms with Crippen LogP contribution >= 0.6 is 0 Å². The average Bonchev–Trinajstić information content (AvgIpc) is 2.50. The summed E-state index contributed by atoms with van der Waals surface area (Å²) in [6.45, 7) is 14.4. The molecule has 3 nitrogen and oxygen atoms in total. The van der Waals surface area contributed by atoms with Crippen molar-refractivity contribution >= 4 is 11.6 Å². The molecule has 2 aromatic carbocycles. The molecule has 2 rings (SSSR count). The van der Waals surface area contributed by atoms with E-state index in [1.54, 1.807) is 6.92 Å². The predicted molar refractivity (Wildman–Crippen MR) is 105 cm³/mol. The summed E-state index contributed by atoms with van der Waals surface area (Å²) in [4.78, 5) is 12.5. The number of anilines is 1. The molecule has 0 heterocycles. The summed E-state index contributed by atoms with van der Waals surface area (Å²) in [6.07, 6.45) is -0.569. The number of hydrogen-bond acceptors (Lipinski definition) is 2. The van der Waals surface area contributed by atoms with Crippen molar-refractivity contribution in [2.24, 2.45) is 0 Å². The number of hydrogen-bond donors (Lipinski definition) is 1. The van der Waals surface area contributed by atoms with E-state index in [2.05, 4.69) is 45.1 Å². The van der Waals surface area contributed by atoms with Gasteiger partial charge in [-0.15, -0.1) is 0 Å². The van der Waals surface area contributed by atoms with Gasteiger partial charge >= 0.3 is 0 Å². The Bertz CT molecular complexity index is 732. The molecule has 0 spiro atoms. The van der Waals surface area contributed by atoms with E-state index in [1.165, 1.54) is 11.1 Å². The summed E-state index contributed by atoms with van der Waals surface area (Å²) in [5.74, 6) is 0.558. The molecule has 0 aliphatic heterocycles. The minimum atomic E-state index is -0.569. The zero-order valence-electron chi connectivity index (χ0n) is 16.4. The maximum atomic E-state index is 12.5. The summed E-state index contributed by atoms with van der Waals surface area (Å²) in [6, 6.07) is 12.1. The van der Waals surface area contributed by atoms with Gasteiger partial charge < -0.3 is 10.1 Å². The third kappa shape index (κ3) is 4.85. The van der Waals surface area contributed by atoms with Crippen LogP contribution in [0.4, 0.5) is 5.69 Å². The van der Waals surface area contributed by atoms with E-state index in [0.29, 0.717) is 5.75 Å². The fourth-order valence-electron chi connectivity index (χ4n) is 2.89. The second-order valence-corrected chi connectivity index (χ2v) is 7.80. The Hall–Kier alpha value is -2.29. The molecule has 1 N–H and O–H groups in total. The zero-order chi connectivity index (χ0) is 18.8. The van der Waals surface area contributed by atoms with Crippen LogP contribution in [0.5, 0.6) is 5.75 Å². The molecule has 3 heteroatoms. The van der Waals surface area contributed by atoms with Crippen molar-refractivity contribution in [2.45, 2.75) is 60.0 Å². The fraction of sp³-hybridized carbons (Fsp3) is 0.409. The maximum absolute atomic E-state index is 12.5. The van der Waals surface area contributed by atoms with Crippen LogP contribution in [0.1, 0.15) is 49.9 Å². The van der Waals surface area contributed by atoms with Gasteiger partial charge in [-0.3, -0.25) is 4.79 Å². The van der Waals surface area contributed by atoms with Gasteiger partial charge in [-0.05, 0) is 61.9 Å². The smallest absolute Gasteiger partial charge is 0.265 e. The predicted octanol–water partition coefficient (Wildman–Crippen LogP) is 5.32. The molecule has 0 aromatic heterocycles. The van der Waals surface area contributed by atoms with Crippen molar-refractivity contribution in [3.05, 3.63) is 58.7 Å². The largest absolute Gasteiger partial charge is 0.481 e. The topological polar surface area (TPSA) is 38.3 Å². The lowest BCUT2D eigenvalue weighted by molar-refractivity contribution is -0.122. The van der Waals surface area contributed by atoms with Crippen molar-refractivity contribution in [2.75, 3.05) is 5.32 Å². The number of carbonyl (C=O) groups is 1. The summed E-state index contributed by atoms with van der Waals surface area (Å²) >= 11 is 0. The molecule has 0 saturated heterocycles. The van der Waals surface area contributed by atoms with Crippen LogP contribution < -0.4 is 10.1 Å². The Labute approximate surface area is 151 Å². The lowest BCUT2D eigenvalue weighted by Gasteiger charge is -2.20. The van der Waals surface area contributed by atoms with E-state index in [4.69, 9.17) is 4.74 Å². The molecule has 0 fully saturated rings. The fourth-order valence-corrected chi connectivity index (χ4v) is 2.89. The third-order valence-corrected chi connectivity index (χ3v) is 4.33. The van der Waals surface area contributed by atoms with Gasteiger partial charge in [0.2, 0.25) is 0 Å². The van der Waals surface area contributed by atoms with Gasteiger partial charge in [-0.25, -0.2) is 0 Å². The highest BCUT2D eigenvalue weighted by molar-refractivity contribution is 5.95. The number of carbonyl (C=O) groups excluding carboxylic acids is 1. The summed E-state index contributed by atoms with van der Waals surface area (Å²) in [5, 5.41) is 3.00. The first-order valence-electron chi connectivity index (χ1n) is 8.74. The van der Waals surface area contributed by atoms with Gasteiger partial charge in [0.1, 0.15) is 5.75 Å². The van der Waals surface area contributed by atoms with Gasteiger partial charge in [-0.1, -0.05) is 50.6 Å². The first kappa shape index (κ1) is 19.0. The van der Waals surface area contributed by atoms with E-state index in [9.17, 15) is 4.79 Å². The molecular weight excluding hydrogens is 310 g/mol. The standard InChI is InChI=1S/C22H29NO2/c1-14-12-15(2)20(16(3)13-14)23-21(24)17(4)25-19-10-8-18(9-11-19)22(5,6)7/h8-13,17H,1-7H3,(H,23,24)/t17-/m0/s1. The number of nitrogens with one attached hydrogen (secondary N) is 1. The molecule has 1 amide bonds. The quantitative estimate of drug-likeness (QED) is 0.819. The van der Waals surface area contributed by atoms with Crippen molar-refractivity contribution in [1.82, 2.24) is 0 Å². The number of ether oxygens (including phenoxy) is 1. The van der Waals surface area contributed by atoms with Crippen LogP contribution in [0.2, 0.25) is 0 Å². The molecule has 0 bridgehead atoms. The van der Waals surface area contributed by atoms with Gasteiger partial charge in [0.15, 0.2) is 6.10 Å². The lowest BCUT2D eigenvalue weighted by atomic mass is 9.87. The third-order valence-electron chi connectivity index (χ3n) is 4.33. The average molecular weight is 339 g/mol. The number of amides is 1. The van der Waals surface area contributed by atoms with Crippen molar-refractivity contribution in [3.63, 3.8) is 0 Å². The number of benzene rings is 2. The Morgan fingerprint density at radius 3 is 2.00 bits per heavy atom. The molecule has 1 atom stereocenters. The minimum Gasteiger partial charge on any atom is -0.481 e. The Balaban J connectivity index is 2.06. The molecule has 0 unspecified atom stereocenters. The summed E-state index contributed by atoms with van der Waals surface area (Å²) in [7, 11) is 0. The normalized spacial score (nSPS) is 12.6. The summed E-state index contributed by atoms with van der Waals surface area (Å²) in [5.41, 5.74) is 5.52. The first-order valence-corrected chi connectivity index (χ1v) is 8.74. The molecule has 0 aliphatic rings. The Morgan fingerprint density at radius 2 is 1.52 bits per heavy atom. The molecule has 0 radical (unpaired) electrons. The van der Waals surface area contributed by atoms with Crippen LogP contribution in [-0.4, -0.2) is 12.0 Å². The van der Waals surface area contributed by atoms with Crippen LogP contribution in [0, 0.1) is 20.8 Å². The molecule has 0 saturated carbocycles. The summed E-state index contributed by atoms with van der Waals surface area (Å²) < 4.78 is 5.81. The highest BCUT2D eigenvalue weighted by Gasteiger charge is 2.18. The minimum absolute atomic E-state index is 0.0992. The van der Waals surface area contributed by atoms with E-state index in [-0.39, 0.29) is 11.3 Å². The van der Waals surface area contributed by atoms with Crippen molar-refractivity contribution in [1.29, 1.82) is 0 Å². The Morgan fingerprint density at radius 1 is 1.00 bits per heavy atom. The van der Waals surface area contributed by atoms with Crippen LogP contribution in [0.3, 0.4) is 0 Å². The first-order chi connectivity index (χ1) is 11.6. The Kier molecular flexibility index (Phi) is 5.56. The number of rotatable bonds is 4. The van der Waals surface area contributed by atoms with Gasteiger partial charge in [0.25, 0.3) is 5.91 Å². The lowest BCUT2D eigenvalue weighted by Crippen LogP contribution is -2.30. The molecule has 2 aromatic rings. The molecule has 25 heavy (non-hydrogen) atoms. The van der Waals surface area contributed by atoms with E-state index in [0.717, 1.165) is 16.8 Å². The van der Waals surface area contributed by atoms with Gasteiger partial charge in [-0.2, -0.15) is 0 Å². The van der Waals surface area contributed by atoms with E-state index >= 15 is 0 Å².